The molecular weight excluding hydrogens is 283 g/mol. The molecule has 5 heteroatoms. The maximum atomic E-state index is 13.1. The number of hydrogen-bond acceptors (Lipinski definition) is 2. The van der Waals surface area contributed by atoms with E-state index in [1.54, 1.807) is 30.3 Å². The van der Waals surface area contributed by atoms with E-state index in [2.05, 4.69) is 10.6 Å². The number of halogens is 1. The van der Waals surface area contributed by atoms with E-state index in [0.29, 0.717) is 16.9 Å². The molecule has 1 aliphatic carbocycles. The van der Waals surface area contributed by atoms with E-state index in [1.807, 2.05) is 0 Å². The van der Waals surface area contributed by atoms with Crippen LogP contribution in [0.15, 0.2) is 48.5 Å². The van der Waals surface area contributed by atoms with E-state index in [0.717, 1.165) is 12.8 Å². The van der Waals surface area contributed by atoms with E-state index in [1.165, 1.54) is 18.2 Å². The molecule has 3 rings (SSSR count). The molecule has 4 nitrogen and oxygen atoms in total. The van der Waals surface area contributed by atoms with Crippen molar-refractivity contribution < 1.29 is 14.0 Å². The molecule has 0 bridgehead atoms. The maximum Gasteiger partial charge on any atom is 0.255 e. The number of nitrogens with one attached hydrogen (secondary N) is 2. The Morgan fingerprint density at radius 1 is 0.955 bits per heavy atom. The number of benzene rings is 2. The third-order valence-corrected chi connectivity index (χ3v) is 3.42. The first-order valence-electron chi connectivity index (χ1n) is 7.10. The van der Waals surface area contributed by atoms with Gasteiger partial charge in [-0.05, 0) is 49.2 Å². The Kier molecular flexibility index (Phi) is 3.87. The summed E-state index contributed by atoms with van der Waals surface area (Å²) >= 11 is 0. The van der Waals surface area contributed by atoms with Gasteiger partial charge in [0.15, 0.2) is 0 Å². The Balaban J connectivity index is 1.70. The highest BCUT2D eigenvalue weighted by atomic mass is 19.1. The van der Waals surface area contributed by atoms with Crippen LogP contribution in [-0.4, -0.2) is 11.8 Å². The SMILES string of the molecule is O=C(Nc1cccc(F)c1)c1cccc(NC(=O)C2CC2)c1. The standard InChI is InChI=1S/C17H15FN2O2/c18-13-4-2-6-15(10-13)20-17(22)12-3-1-5-14(9-12)19-16(21)11-7-8-11/h1-6,9-11H,7-8H2,(H,19,21)(H,20,22). The lowest BCUT2D eigenvalue weighted by molar-refractivity contribution is -0.117. The summed E-state index contributed by atoms with van der Waals surface area (Å²) < 4.78 is 13.1. The van der Waals surface area contributed by atoms with Crippen molar-refractivity contribution in [2.24, 2.45) is 5.92 Å². The monoisotopic (exact) mass is 298 g/mol. The van der Waals surface area contributed by atoms with Crippen molar-refractivity contribution in [3.05, 3.63) is 59.9 Å². The first-order chi connectivity index (χ1) is 10.6. The quantitative estimate of drug-likeness (QED) is 0.908. The van der Waals surface area contributed by atoms with Gasteiger partial charge in [-0.15, -0.1) is 0 Å². The van der Waals surface area contributed by atoms with Crippen LogP contribution < -0.4 is 10.6 Å². The number of rotatable bonds is 4. The maximum absolute atomic E-state index is 13.1. The van der Waals surface area contributed by atoms with Gasteiger partial charge in [0, 0.05) is 22.9 Å². The summed E-state index contributed by atoms with van der Waals surface area (Å²) in [5, 5.41) is 5.42. The average Bonchev–Trinajstić information content (AvgIpc) is 3.32. The molecule has 0 aliphatic heterocycles. The van der Waals surface area contributed by atoms with Gasteiger partial charge in [0.05, 0.1) is 0 Å². The summed E-state index contributed by atoms with van der Waals surface area (Å²) in [5.41, 5.74) is 1.37. The fourth-order valence-corrected chi connectivity index (χ4v) is 2.10. The minimum atomic E-state index is -0.414. The van der Waals surface area contributed by atoms with Crippen LogP contribution in [-0.2, 0) is 4.79 Å². The Bertz CT molecular complexity index is 726. The van der Waals surface area contributed by atoms with Crippen LogP contribution in [0, 0.1) is 11.7 Å². The summed E-state index contributed by atoms with van der Waals surface area (Å²) in [4.78, 5) is 23.9. The zero-order chi connectivity index (χ0) is 15.5. The molecule has 0 saturated heterocycles. The lowest BCUT2D eigenvalue weighted by Gasteiger charge is -2.08. The molecule has 1 saturated carbocycles. The number of carbonyl (C=O) groups excluding carboxylic acids is 2. The van der Waals surface area contributed by atoms with Gasteiger partial charge in [0.2, 0.25) is 5.91 Å². The van der Waals surface area contributed by atoms with Crippen LogP contribution >= 0.6 is 0 Å². The highest BCUT2D eigenvalue weighted by molar-refractivity contribution is 6.05. The van der Waals surface area contributed by atoms with Gasteiger partial charge < -0.3 is 10.6 Å². The van der Waals surface area contributed by atoms with Crippen molar-refractivity contribution in [3.63, 3.8) is 0 Å². The molecule has 0 spiro atoms. The summed E-state index contributed by atoms with van der Waals surface area (Å²) in [7, 11) is 0. The van der Waals surface area contributed by atoms with Crippen LogP contribution in [0.4, 0.5) is 15.8 Å². The summed E-state index contributed by atoms with van der Waals surface area (Å²) in [6, 6.07) is 12.4. The number of carbonyl (C=O) groups is 2. The molecule has 0 unspecified atom stereocenters. The van der Waals surface area contributed by atoms with Crippen molar-refractivity contribution in [2.45, 2.75) is 12.8 Å². The number of anilines is 2. The summed E-state index contributed by atoms with van der Waals surface area (Å²) in [5.74, 6) is -0.677. The van der Waals surface area contributed by atoms with Crippen molar-refractivity contribution in [1.82, 2.24) is 0 Å². The molecule has 1 aliphatic rings. The fourth-order valence-electron chi connectivity index (χ4n) is 2.10. The predicted octanol–water partition coefficient (Wildman–Crippen LogP) is 3.43. The van der Waals surface area contributed by atoms with Crippen molar-refractivity contribution in [3.8, 4) is 0 Å². The third-order valence-electron chi connectivity index (χ3n) is 3.42. The van der Waals surface area contributed by atoms with Gasteiger partial charge >= 0.3 is 0 Å². The van der Waals surface area contributed by atoms with E-state index < -0.39 is 5.82 Å². The molecule has 2 N–H and O–H groups in total. The van der Waals surface area contributed by atoms with Crippen LogP contribution in [0.3, 0.4) is 0 Å². The first-order valence-corrected chi connectivity index (χ1v) is 7.10. The second kappa shape index (κ2) is 5.97. The number of hydrogen-bond donors (Lipinski definition) is 2. The predicted molar refractivity (Wildman–Crippen MR) is 82.1 cm³/mol. The van der Waals surface area contributed by atoms with Gasteiger partial charge in [-0.1, -0.05) is 12.1 Å². The molecule has 0 heterocycles. The third kappa shape index (κ3) is 3.49. The van der Waals surface area contributed by atoms with Crippen LogP contribution in [0.1, 0.15) is 23.2 Å². The topological polar surface area (TPSA) is 58.2 Å². The molecule has 2 amide bonds. The van der Waals surface area contributed by atoms with Gasteiger partial charge in [0.1, 0.15) is 5.82 Å². The second-order valence-electron chi connectivity index (χ2n) is 5.31. The van der Waals surface area contributed by atoms with E-state index >= 15 is 0 Å². The van der Waals surface area contributed by atoms with Crippen molar-refractivity contribution in [1.29, 1.82) is 0 Å². The Hall–Kier alpha value is -2.69. The molecule has 1 fully saturated rings. The van der Waals surface area contributed by atoms with E-state index in [9.17, 15) is 14.0 Å². The lowest BCUT2D eigenvalue weighted by atomic mass is 10.1. The fraction of sp³-hybridized carbons (Fsp3) is 0.176. The average molecular weight is 298 g/mol. The molecule has 112 valence electrons. The van der Waals surface area contributed by atoms with E-state index in [-0.39, 0.29) is 17.7 Å². The Labute approximate surface area is 127 Å². The molecular formula is C17H15FN2O2. The first kappa shape index (κ1) is 14.3. The van der Waals surface area contributed by atoms with Gasteiger partial charge in [-0.25, -0.2) is 4.39 Å². The van der Waals surface area contributed by atoms with Crippen LogP contribution in [0.25, 0.3) is 0 Å². The normalized spacial score (nSPS) is 13.5. The molecule has 0 atom stereocenters. The van der Waals surface area contributed by atoms with Gasteiger partial charge in [-0.2, -0.15) is 0 Å². The van der Waals surface area contributed by atoms with Crippen LogP contribution in [0.5, 0.6) is 0 Å². The second-order valence-corrected chi connectivity index (χ2v) is 5.31. The molecule has 2 aromatic carbocycles. The number of amides is 2. The molecule has 0 aromatic heterocycles. The summed E-state index contributed by atoms with van der Waals surface area (Å²) in [6.07, 6.45) is 1.84. The molecule has 2 aromatic rings. The van der Waals surface area contributed by atoms with Crippen molar-refractivity contribution >= 4 is 23.2 Å². The molecule has 0 radical (unpaired) electrons. The zero-order valence-electron chi connectivity index (χ0n) is 11.8. The van der Waals surface area contributed by atoms with Crippen molar-refractivity contribution in [2.75, 3.05) is 10.6 Å². The summed E-state index contributed by atoms with van der Waals surface area (Å²) in [6.45, 7) is 0. The highest BCUT2D eigenvalue weighted by Gasteiger charge is 2.29. The zero-order valence-corrected chi connectivity index (χ0v) is 11.8. The Morgan fingerprint density at radius 3 is 2.32 bits per heavy atom. The Morgan fingerprint density at radius 2 is 1.64 bits per heavy atom. The largest absolute Gasteiger partial charge is 0.326 e. The van der Waals surface area contributed by atoms with Gasteiger partial charge in [0.25, 0.3) is 5.91 Å². The van der Waals surface area contributed by atoms with E-state index in [4.69, 9.17) is 0 Å². The minimum Gasteiger partial charge on any atom is -0.326 e. The molecule has 22 heavy (non-hydrogen) atoms. The van der Waals surface area contributed by atoms with Gasteiger partial charge in [-0.3, -0.25) is 9.59 Å². The lowest BCUT2D eigenvalue weighted by Crippen LogP contribution is -2.15. The van der Waals surface area contributed by atoms with Crippen LogP contribution in [0.2, 0.25) is 0 Å². The highest BCUT2D eigenvalue weighted by Crippen LogP contribution is 2.30. The smallest absolute Gasteiger partial charge is 0.255 e. The minimum absolute atomic E-state index is 0.0114.